The zero-order valence-electron chi connectivity index (χ0n) is 14.7. The van der Waals surface area contributed by atoms with Crippen molar-refractivity contribution in [3.05, 3.63) is 77.0 Å². The molecule has 0 atom stereocenters. The van der Waals surface area contributed by atoms with Gasteiger partial charge in [0.1, 0.15) is 0 Å². The van der Waals surface area contributed by atoms with Crippen LogP contribution in [0.5, 0.6) is 0 Å². The minimum atomic E-state index is -4.52. The summed E-state index contributed by atoms with van der Waals surface area (Å²) in [5.41, 5.74) is -1.65. The quantitative estimate of drug-likeness (QED) is 0.322. The predicted molar refractivity (Wildman–Crippen MR) is 98.9 cm³/mol. The highest BCUT2D eigenvalue weighted by Gasteiger charge is 2.30. The van der Waals surface area contributed by atoms with Crippen LogP contribution in [0.15, 0.2) is 42.6 Å². The molecule has 0 aliphatic rings. The maximum absolute atomic E-state index is 13.8. The van der Waals surface area contributed by atoms with E-state index in [1.54, 1.807) is 0 Å². The second kappa shape index (κ2) is 8.30. The Labute approximate surface area is 170 Å². The molecule has 158 valence electrons. The largest absolute Gasteiger partial charge is 0.416 e. The summed E-state index contributed by atoms with van der Waals surface area (Å²) in [7, 11) is 0. The normalized spacial score (nSPS) is 11.4. The monoisotopic (exact) mass is 448 g/mol. The molecule has 0 fully saturated rings. The van der Waals surface area contributed by atoms with Gasteiger partial charge < -0.3 is 10.6 Å². The molecule has 0 spiro atoms. The lowest BCUT2D eigenvalue weighted by molar-refractivity contribution is -0.137. The third-order valence-electron chi connectivity index (χ3n) is 3.85. The highest BCUT2D eigenvalue weighted by Crippen LogP contribution is 2.30. The Morgan fingerprint density at radius 3 is 2.27 bits per heavy atom. The standard InChI is InChI=1S/C18H11F7N4S/c19-12-7-13(20)16(22)11(15(12)21)8-29-5-4-14(28-29)27-17(30)26-10-3-1-2-9(6-10)18(23,24)25/h1-7H,8H2,(H2,26,27,28,30). The number of anilines is 2. The Bertz CT molecular complexity index is 1070. The number of halogens is 7. The number of benzene rings is 2. The Hall–Kier alpha value is -3.15. The molecule has 30 heavy (non-hydrogen) atoms. The summed E-state index contributed by atoms with van der Waals surface area (Å²) in [6, 6.07) is 5.76. The first-order valence-corrected chi connectivity index (χ1v) is 8.56. The zero-order chi connectivity index (χ0) is 22.1. The van der Waals surface area contributed by atoms with Gasteiger partial charge in [-0.3, -0.25) is 4.68 Å². The number of aromatic nitrogens is 2. The number of alkyl halides is 3. The first-order chi connectivity index (χ1) is 14.0. The summed E-state index contributed by atoms with van der Waals surface area (Å²) < 4.78 is 93.3. The van der Waals surface area contributed by atoms with E-state index in [9.17, 15) is 30.7 Å². The van der Waals surface area contributed by atoms with Gasteiger partial charge in [-0.25, -0.2) is 17.6 Å². The number of hydrogen-bond acceptors (Lipinski definition) is 2. The van der Waals surface area contributed by atoms with Gasteiger partial charge in [0, 0.05) is 24.0 Å². The van der Waals surface area contributed by atoms with Crippen molar-refractivity contribution in [3.8, 4) is 0 Å². The van der Waals surface area contributed by atoms with Gasteiger partial charge in [0.2, 0.25) is 0 Å². The summed E-state index contributed by atoms with van der Waals surface area (Å²) in [6.07, 6.45) is -3.26. The smallest absolute Gasteiger partial charge is 0.332 e. The van der Waals surface area contributed by atoms with Crippen molar-refractivity contribution in [1.82, 2.24) is 9.78 Å². The molecule has 0 aliphatic heterocycles. The Morgan fingerprint density at radius 2 is 1.63 bits per heavy atom. The fraction of sp³-hybridized carbons (Fsp3) is 0.111. The van der Waals surface area contributed by atoms with Gasteiger partial charge in [-0.05, 0) is 30.4 Å². The number of nitrogens with one attached hydrogen (secondary N) is 2. The molecule has 3 aromatic rings. The average molecular weight is 448 g/mol. The van der Waals surface area contributed by atoms with Gasteiger partial charge in [0.25, 0.3) is 0 Å². The number of thiocarbonyl (C=S) groups is 1. The lowest BCUT2D eigenvalue weighted by Gasteiger charge is -2.11. The number of rotatable bonds is 4. The van der Waals surface area contributed by atoms with Crippen LogP contribution in [-0.2, 0) is 12.7 Å². The fourth-order valence-corrected chi connectivity index (χ4v) is 2.71. The average Bonchev–Trinajstić information content (AvgIpc) is 3.10. The van der Waals surface area contributed by atoms with E-state index >= 15 is 0 Å². The molecule has 2 N–H and O–H groups in total. The third kappa shape index (κ3) is 4.87. The maximum Gasteiger partial charge on any atom is 0.416 e. The molecule has 0 saturated carbocycles. The van der Waals surface area contributed by atoms with E-state index in [0.717, 1.165) is 16.8 Å². The first kappa shape index (κ1) is 21.6. The van der Waals surface area contributed by atoms with Crippen LogP contribution >= 0.6 is 12.2 Å². The summed E-state index contributed by atoms with van der Waals surface area (Å²) in [5.74, 6) is -6.08. The van der Waals surface area contributed by atoms with Crippen LogP contribution in [0.4, 0.5) is 42.2 Å². The third-order valence-corrected chi connectivity index (χ3v) is 4.06. The van der Waals surface area contributed by atoms with Gasteiger partial charge in [-0.2, -0.15) is 18.3 Å². The van der Waals surface area contributed by atoms with E-state index < -0.39 is 47.1 Å². The molecule has 3 rings (SSSR count). The SMILES string of the molecule is Fc1cc(F)c(F)c(Cn2ccc(NC(=S)Nc3cccc(C(F)(F)F)c3)n2)c1F. The van der Waals surface area contributed by atoms with Crippen LogP contribution in [0.1, 0.15) is 11.1 Å². The highest BCUT2D eigenvalue weighted by molar-refractivity contribution is 7.80. The van der Waals surface area contributed by atoms with E-state index in [1.165, 1.54) is 24.4 Å². The number of hydrogen-bond donors (Lipinski definition) is 2. The van der Waals surface area contributed by atoms with Crippen molar-refractivity contribution in [2.24, 2.45) is 0 Å². The van der Waals surface area contributed by atoms with Crippen LogP contribution in [0.25, 0.3) is 0 Å². The predicted octanol–water partition coefficient (Wildman–Crippen LogP) is 5.32. The Morgan fingerprint density at radius 1 is 0.967 bits per heavy atom. The first-order valence-electron chi connectivity index (χ1n) is 8.15. The van der Waals surface area contributed by atoms with Crippen molar-refractivity contribution in [2.45, 2.75) is 12.7 Å². The summed E-state index contributed by atoms with van der Waals surface area (Å²) >= 11 is 5.00. The van der Waals surface area contributed by atoms with Crippen molar-refractivity contribution in [1.29, 1.82) is 0 Å². The molecule has 0 amide bonds. The molecule has 0 aliphatic carbocycles. The lowest BCUT2D eigenvalue weighted by Crippen LogP contribution is -2.20. The van der Waals surface area contributed by atoms with E-state index in [4.69, 9.17) is 12.2 Å². The maximum atomic E-state index is 13.8. The Kier molecular flexibility index (Phi) is 5.97. The van der Waals surface area contributed by atoms with Gasteiger partial charge in [0.05, 0.1) is 17.7 Å². The van der Waals surface area contributed by atoms with Gasteiger partial charge in [-0.1, -0.05) is 6.07 Å². The second-order valence-corrected chi connectivity index (χ2v) is 6.41. The lowest BCUT2D eigenvalue weighted by atomic mass is 10.2. The minimum Gasteiger partial charge on any atom is -0.332 e. The highest BCUT2D eigenvalue weighted by atomic mass is 32.1. The van der Waals surface area contributed by atoms with E-state index in [-0.39, 0.29) is 22.7 Å². The van der Waals surface area contributed by atoms with E-state index in [0.29, 0.717) is 0 Å². The van der Waals surface area contributed by atoms with Gasteiger partial charge >= 0.3 is 6.18 Å². The molecule has 0 saturated heterocycles. The van der Waals surface area contributed by atoms with Crippen molar-refractivity contribution < 1.29 is 30.7 Å². The van der Waals surface area contributed by atoms with Crippen LogP contribution in [0.3, 0.4) is 0 Å². The topological polar surface area (TPSA) is 41.9 Å². The molecule has 12 heteroatoms. The molecular weight excluding hydrogens is 437 g/mol. The molecular formula is C18H11F7N4S. The molecule has 4 nitrogen and oxygen atoms in total. The summed E-state index contributed by atoms with van der Waals surface area (Å²) in [6.45, 7) is -0.609. The Balaban J connectivity index is 1.69. The van der Waals surface area contributed by atoms with Crippen LogP contribution in [0, 0.1) is 23.3 Å². The molecule has 1 aromatic heterocycles. The van der Waals surface area contributed by atoms with E-state index in [2.05, 4.69) is 15.7 Å². The molecule has 0 radical (unpaired) electrons. The van der Waals surface area contributed by atoms with Crippen molar-refractivity contribution in [3.63, 3.8) is 0 Å². The van der Waals surface area contributed by atoms with Crippen molar-refractivity contribution >= 4 is 28.8 Å². The van der Waals surface area contributed by atoms with Gasteiger partial charge in [0.15, 0.2) is 34.2 Å². The van der Waals surface area contributed by atoms with Crippen molar-refractivity contribution in [2.75, 3.05) is 10.6 Å². The zero-order valence-corrected chi connectivity index (χ0v) is 15.5. The summed E-state index contributed by atoms with van der Waals surface area (Å²) in [4.78, 5) is 0. The molecule has 2 aromatic carbocycles. The van der Waals surface area contributed by atoms with Crippen LogP contribution < -0.4 is 10.6 Å². The van der Waals surface area contributed by atoms with Gasteiger partial charge in [-0.15, -0.1) is 0 Å². The number of nitrogens with zero attached hydrogens (tertiary/aromatic N) is 2. The van der Waals surface area contributed by atoms with Crippen LogP contribution in [0.2, 0.25) is 0 Å². The fourth-order valence-electron chi connectivity index (χ4n) is 2.49. The summed E-state index contributed by atoms with van der Waals surface area (Å²) in [5, 5.41) is 8.93. The minimum absolute atomic E-state index is 0.0705. The molecule has 1 heterocycles. The molecule has 0 unspecified atom stereocenters. The van der Waals surface area contributed by atoms with E-state index in [1.807, 2.05) is 0 Å². The van der Waals surface area contributed by atoms with Crippen LogP contribution in [-0.4, -0.2) is 14.9 Å². The molecule has 0 bridgehead atoms. The second-order valence-electron chi connectivity index (χ2n) is 6.00.